The zero-order valence-electron chi connectivity index (χ0n) is 8.10. The van der Waals surface area contributed by atoms with E-state index in [2.05, 4.69) is 0 Å². The van der Waals surface area contributed by atoms with Gasteiger partial charge in [-0.3, -0.25) is 4.79 Å². The Kier molecular flexibility index (Phi) is 11.1. The fourth-order valence-corrected chi connectivity index (χ4v) is 0.703. The Labute approximate surface area is 120 Å². The average Bonchev–Trinajstić information content (AvgIpc) is 1.82. The molecule has 0 aliphatic heterocycles. The fourth-order valence-electron chi connectivity index (χ4n) is 0.703. The number of rotatable bonds is 5. The third kappa shape index (κ3) is 7.87. The van der Waals surface area contributed by atoms with Gasteiger partial charge in [0.15, 0.2) is 5.60 Å². The molecule has 0 saturated carbocycles. The summed E-state index contributed by atoms with van der Waals surface area (Å²) in [6.07, 6.45) is -2.44. The van der Waals surface area contributed by atoms with Gasteiger partial charge in [0.25, 0.3) is 0 Å². The van der Waals surface area contributed by atoms with Crippen molar-refractivity contribution in [1.82, 2.24) is 0 Å². The number of carbonyl (C=O) groups is 3. The van der Waals surface area contributed by atoms with Gasteiger partial charge in [-0.25, -0.2) is 4.79 Å². The maximum absolute atomic E-state index is 10.3. The maximum atomic E-state index is 10.3. The number of aliphatic carboxylic acids is 3. The summed E-state index contributed by atoms with van der Waals surface area (Å²) >= 11 is 0. The number of hydrogen-bond acceptors (Lipinski definition) is 5. The molecule has 1 unspecified atom stereocenters. The second-order valence-electron chi connectivity index (χ2n) is 2.46. The van der Waals surface area contributed by atoms with Crippen LogP contribution in [0.1, 0.15) is 12.8 Å². The Hall–Kier alpha value is -0.00662. The van der Waals surface area contributed by atoms with E-state index in [1.165, 1.54) is 0 Å². The van der Waals surface area contributed by atoms with E-state index in [-0.39, 0.29) is 49.0 Å². The first kappa shape index (κ1) is 20.4. The Bertz CT molecular complexity index is 238. The summed E-state index contributed by atoms with van der Waals surface area (Å²) in [5.41, 5.74) is -2.80. The van der Waals surface area contributed by atoms with Crippen molar-refractivity contribution in [3.05, 3.63) is 0 Å². The van der Waals surface area contributed by atoms with Gasteiger partial charge in [-0.15, -0.1) is 0 Å². The number of carbonyl (C=O) groups excluding carboxylic acids is 1. The van der Waals surface area contributed by atoms with E-state index in [9.17, 15) is 19.5 Å². The van der Waals surface area contributed by atoms with Gasteiger partial charge in [0, 0.05) is 31.9 Å². The zero-order chi connectivity index (χ0) is 10.6. The molecule has 0 amide bonds. The summed E-state index contributed by atoms with van der Waals surface area (Å²) in [5, 5.41) is 35.5. The minimum atomic E-state index is -2.80. The zero-order valence-corrected chi connectivity index (χ0v) is 13.1. The van der Waals surface area contributed by atoms with Gasteiger partial charge < -0.3 is 25.2 Å². The van der Waals surface area contributed by atoms with E-state index in [1.54, 1.807) is 0 Å². The van der Waals surface area contributed by atoms with Gasteiger partial charge in [-0.05, 0) is 0 Å². The van der Waals surface area contributed by atoms with Crippen LogP contribution in [0.4, 0.5) is 0 Å². The molecule has 7 nitrogen and oxygen atoms in total. The smallest absolute Gasteiger partial charge is 0.550 e. The third-order valence-corrected chi connectivity index (χ3v) is 1.28. The molecule has 1 atom stereocenters. The molecule has 0 aromatic carbocycles. The van der Waals surface area contributed by atoms with Crippen molar-refractivity contribution in [3.8, 4) is 0 Å². The SMILES string of the molecule is O=C([O-])CC(O)(CC(=O)O)C(=O)O.[Na+].[Zn]. The van der Waals surface area contributed by atoms with E-state index in [4.69, 9.17) is 15.3 Å². The minimum Gasteiger partial charge on any atom is -0.550 e. The number of hydrogen-bond donors (Lipinski definition) is 3. The summed E-state index contributed by atoms with van der Waals surface area (Å²) in [7, 11) is 0. The van der Waals surface area contributed by atoms with Crippen LogP contribution in [-0.4, -0.2) is 38.8 Å². The van der Waals surface area contributed by atoms with Crippen molar-refractivity contribution < 1.29 is 83.8 Å². The van der Waals surface area contributed by atoms with E-state index in [1.807, 2.05) is 0 Å². The predicted molar refractivity (Wildman–Crippen MR) is 34.5 cm³/mol. The summed E-state index contributed by atoms with van der Waals surface area (Å²) in [5.74, 6) is -5.34. The molecular formula is C6H7NaO7Zn. The maximum Gasteiger partial charge on any atom is 1.00 e. The molecule has 0 rings (SSSR count). The van der Waals surface area contributed by atoms with E-state index in [0.29, 0.717) is 0 Å². The van der Waals surface area contributed by atoms with Crippen molar-refractivity contribution in [2.24, 2.45) is 0 Å². The molecule has 3 N–H and O–H groups in total. The van der Waals surface area contributed by atoms with Crippen LogP contribution in [0.25, 0.3) is 0 Å². The molecule has 0 fully saturated rings. The van der Waals surface area contributed by atoms with Crippen molar-refractivity contribution in [2.45, 2.75) is 18.4 Å². The Balaban J connectivity index is -0.000000720. The molecular weight excluding hydrogens is 272 g/mol. The normalized spacial score (nSPS) is 12.6. The predicted octanol–water partition coefficient (Wildman–Crippen LogP) is -5.58. The van der Waals surface area contributed by atoms with Gasteiger partial charge in [-0.2, -0.15) is 0 Å². The second kappa shape index (κ2) is 8.18. The van der Waals surface area contributed by atoms with Crippen LogP contribution in [0.2, 0.25) is 0 Å². The molecule has 0 aromatic heterocycles. The first-order valence-electron chi connectivity index (χ1n) is 3.15. The summed E-state index contributed by atoms with van der Waals surface area (Å²) in [6, 6.07) is 0. The number of carboxylic acid groups (broad SMARTS) is 3. The summed E-state index contributed by atoms with van der Waals surface area (Å²) in [4.78, 5) is 30.3. The van der Waals surface area contributed by atoms with Crippen LogP contribution in [0.15, 0.2) is 0 Å². The molecule has 0 heterocycles. The van der Waals surface area contributed by atoms with Gasteiger partial charge in [0.1, 0.15) is 0 Å². The molecule has 9 heteroatoms. The first-order chi connectivity index (χ1) is 5.78. The third-order valence-electron chi connectivity index (χ3n) is 1.28. The van der Waals surface area contributed by atoms with Crippen LogP contribution in [0.5, 0.6) is 0 Å². The molecule has 15 heavy (non-hydrogen) atoms. The molecule has 0 spiro atoms. The molecule has 0 aliphatic carbocycles. The number of aliphatic hydroxyl groups is 1. The Morgan fingerprint density at radius 2 is 1.53 bits per heavy atom. The second-order valence-corrected chi connectivity index (χ2v) is 2.46. The Morgan fingerprint density at radius 1 is 1.13 bits per heavy atom. The van der Waals surface area contributed by atoms with E-state index >= 15 is 0 Å². The van der Waals surface area contributed by atoms with Crippen molar-refractivity contribution in [2.75, 3.05) is 0 Å². The molecule has 0 radical (unpaired) electrons. The summed E-state index contributed by atoms with van der Waals surface area (Å²) < 4.78 is 0. The van der Waals surface area contributed by atoms with Gasteiger partial charge in [0.05, 0.1) is 6.42 Å². The van der Waals surface area contributed by atoms with E-state index in [0.717, 1.165) is 0 Å². The van der Waals surface area contributed by atoms with Crippen molar-refractivity contribution in [1.29, 1.82) is 0 Å². The monoisotopic (exact) mass is 278 g/mol. The molecule has 0 aromatic rings. The van der Waals surface area contributed by atoms with Crippen LogP contribution in [0.3, 0.4) is 0 Å². The largest absolute Gasteiger partial charge is 1.00 e. The van der Waals surface area contributed by atoms with Gasteiger partial charge in [-0.1, -0.05) is 0 Å². The fraction of sp³-hybridized carbons (Fsp3) is 0.500. The Morgan fingerprint density at radius 3 is 1.73 bits per heavy atom. The molecule has 76 valence electrons. The standard InChI is InChI=1S/C6H8O7.Na.Zn/c7-3(8)1-6(13,5(11)12)2-4(9)10;;/h13H,1-2H2,(H,7,8)(H,9,10)(H,11,12);;/q;+1;/p-1. The van der Waals surface area contributed by atoms with E-state index < -0.39 is 36.4 Å². The molecule has 0 aliphatic rings. The van der Waals surface area contributed by atoms with Crippen LogP contribution in [-0.2, 0) is 33.9 Å². The van der Waals surface area contributed by atoms with Gasteiger partial charge in [0.2, 0.25) is 0 Å². The topological polar surface area (TPSA) is 135 Å². The molecule has 0 saturated heterocycles. The minimum absolute atomic E-state index is 0. The molecule has 0 bridgehead atoms. The summed E-state index contributed by atoms with van der Waals surface area (Å²) in [6.45, 7) is 0. The van der Waals surface area contributed by atoms with Crippen molar-refractivity contribution in [3.63, 3.8) is 0 Å². The number of carboxylic acids is 3. The first-order valence-corrected chi connectivity index (χ1v) is 3.15. The quantitative estimate of drug-likeness (QED) is 0.427. The van der Waals surface area contributed by atoms with Crippen LogP contribution in [0, 0.1) is 0 Å². The van der Waals surface area contributed by atoms with Crippen LogP contribution < -0.4 is 34.7 Å². The van der Waals surface area contributed by atoms with Crippen LogP contribution >= 0.6 is 0 Å². The average molecular weight is 279 g/mol. The van der Waals surface area contributed by atoms with Gasteiger partial charge >= 0.3 is 41.5 Å². The van der Waals surface area contributed by atoms with Crippen molar-refractivity contribution >= 4 is 17.9 Å².